The molecule has 0 unspecified atom stereocenters. The van der Waals surface area contributed by atoms with E-state index in [0.29, 0.717) is 32.7 Å². The molecule has 2 heterocycles. The molecule has 0 bridgehead atoms. The third-order valence-electron chi connectivity index (χ3n) is 5.96. The average molecular weight is 496 g/mol. The van der Waals surface area contributed by atoms with Crippen LogP contribution in [0.3, 0.4) is 0 Å². The topological polar surface area (TPSA) is 97.4 Å². The Morgan fingerprint density at radius 1 is 1.11 bits per heavy atom. The molecule has 0 saturated carbocycles. The smallest absolute Gasteiger partial charge is 0.414 e. The van der Waals surface area contributed by atoms with Gasteiger partial charge >= 0.3 is 12.2 Å². The molecule has 9 nitrogen and oxygen atoms in total. The SMILES string of the molecule is CC(C)(C)NC(=O)OC[C@@H]1CN(c2ccc3c(c2)CCN(C(=O)COCc2ccccc2)C3)C(=O)O1. The summed E-state index contributed by atoms with van der Waals surface area (Å²) in [5, 5.41) is 2.71. The Bertz CT molecular complexity index is 1100. The Balaban J connectivity index is 1.28. The zero-order valence-electron chi connectivity index (χ0n) is 21.0. The molecule has 1 atom stereocenters. The van der Waals surface area contributed by atoms with E-state index in [-0.39, 0.29) is 19.1 Å². The molecule has 2 aromatic rings. The number of cyclic esters (lactones) is 1. The number of ether oxygens (including phenoxy) is 3. The highest BCUT2D eigenvalue weighted by molar-refractivity contribution is 5.90. The molecule has 1 N–H and O–H groups in total. The molecule has 192 valence electrons. The first-order chi connectivity index (χ1) is 17.2. The summed E-state index contributed by atoms with van der Waals surface area (Å²) in [5.41, 5.74) is 3.50. The van der Waals surface area contributed by atoms with E-state index in [4.69, 9.17) is 14.2 Å². The molecule has 0 spiro atoms. The zero-order chi connectivity index (χ0) is 25.7. The van der Waals surface area contributed by atoms with Crippen molar-refractivity contribution in [3.05, 3.63) is 65.2 Å². The first-order valence-corrected chi connectivity index (χ1v) is 12.1. The van der Waals surface area contributed by atoms with Crippen LogP contribution in [0.5, 0.6) is 0 Å². The maximum atomic E-state index is 12.6. The third-order valence-corrected chi connectivity index (χ3v) is 5.96. The fourth-order valence-corrected chi connectivity index (χ4v) is 4.17. The molecular weight excluding hydrogens is 462 g/mol. The molecule has 3 amide bonds. The van der Waals surface area contributed by atoms with Crippen molar-refractivity contribution in [3.63, 3.8) is 0 Å². The summed E-state index contributed by atoms with van der Waals surface area (Å²) in [6, 6.07) is 15.5. The van der Waals surface area contributed by atoms with Crippen LogP contribution in [0.2, 0.25) is 0 Å². The van der Waals surface area contributed by atoms with Gasteiger partial charge < -0.3 is 24.4 Å². The van der Waals surface area contributed by atoms with E-state index in [1.54, 1.807) is 9.80 Å². The Morgan fingerprint density at radius 2 is 1.89 bits per heavy atom. The van der Waals surface area contributed by atoms with Gasteiger partial charge in [0, 0.05) is 24.3 Å². The highest BCUT2D eigenvalue weighted by Crippen LogP contribution is 2.28. The molecular formula is C27H33N3O6. The van der Waals surface area contributed by atoms with Gasteiger partial charge in [-0.05, 0) is 56.0 Å². The molecule has 36 heavy (non-hydrogen) atoms. The quantitative estimate of drug-likeness (QED) is 0.630. The number of carbonyl (C=O) groups is 3. The molecule has 4 rings (SSSR count). The summed E-state index contributed by atoms with van der Waals surface area (Å²) in [4.78, 5) is 40.3. The predicted octanol–water partition coefficient (Wildman–Crippen LogP) is 3.64. The number of nitrogens with zero attached hydrogens (tertiary/aromatic N) is 2. The van der Waals surface area contributed by atoms with Crippen LogP contribution in [0, 0.1) is 0 Å². The van der Waals surface area contributed by atoms with Gasteiger partial charge in [0.25, 0.3) is 0 Å². The van der Waals surface area contributed by atoms with Crippen LogP contribution in [-0.2, 0) is 38.6 Å². The Morgan fingerprint density at radius 3 is 2.64 bits per heavy atom. The summed E-state index contributed by atoms with van der Waals surface area (Å²) < 4.78 is 16.2. The molecule has 2 aliphatic heterocycles. The molecule has 2 aliphatic rings. The standard InChI is InChI=1S/C27H33N3O6/c1-27(2,3)28-25(32)35-17-23-15-30(26(33)36-23)22-10-9-21-14-29(12-11-20(21)13-22)24(31)18-34-16-19-7-5-4-6-8-19/h4-10,13,23H,11-12,14-18H2,1-3H3,(H,28,32)/t23-/m0/s1. The normalized spacial score (nSPS) is 17.4. The number of hydrogen-bond donors (Lipinski definition) is 1. The van der Waals surface area contributed by atoms with E-state index in [9.17, 15) is 14.4 Å². The molecule has 1 saturated heterocycles. The van der Waals surface area contributed by atoms with Gasteiger partial charge in [-0.1, -0.05) is 36.4 Å². The number of benzene rings is 2. The highest BCUT2D eigenvalue weighted by Gasteiger charge is 2.34. The zero-order valence-corrected chi connectivity index (χ0v) is 21.0. The summed E-state index contributed by atoms with van der Waals surface area (Å²) in [6.45, 7) is 7.39. The van der Waals surface area contributed by atoms with Crippen LogP contribution in [0.25, 0.3) is 0 Å². The van der Waals surface area contributed by atoms with Crippen molar-refractivity contribution in [2.75, 3.05) is 31.2 Å². The van der Waals surface area contributed by atoms with Crippen LogP contribution in [0.4, 0.5) is 15.3 Å². The second-order valence-corrected chi connectivity index (χ2v) is 10.1. The van der Waals surface area contributed by atoms with Gasteiger partial charge in [0.2, 0.25) is 5.91 Å². The number of alkyl carbamates (subject to hydrolysis) is 1. The minimum atomic E-state index is -0.546. The van der Waals surface area contributed by atoms with Crippen LogP contribution in [0.15, 0.2) is 48.5 Å². The van der Waals surface area contributed by atoms with Crippen LogP contribution >= 0.6 is 0 Å². The number of anilines is 1. The fourth-order valence-electron chi connectivity index (χ4n) is 4.17. The molecule has 1 fully saturated rings. The summed E-state index contributed by atoms with van der Waals surface area (Å²) in [5.74, 6) is -0.0397. The van der Waals surface area contributed by atoms with Gasteiger partial charge in [-0.15, -0.1) is 0 Å². The van der Waals surface area contributed by atoms with Crippen molar-refractivity contribution >= 4 is 23.8 Å². The van der Waals surface area contributed by atoms with E-state index in [1.165, 1.54) is 0 Å². The summed E-state index contributed by atoms with van der Waals surface area (Å²) in [7, 11) is 0. The van der Waals surface area contributed by atoms with Crippen molar-refractivity contribution in [2.24, 2.45) is 0 Å². The lowest BCUT2D eigenvalue weighted by molar-refractivity contribution is -0.137. The third kappa shape index (κ3) is 6.75. The Kier molecular flexibility index (Phi) is 7.79. The minimum absolute atomic E-state index is 0.0154. The first-order valence-electron chi connectivity index (χ1n) is 12.1. The maximum absolute atomic E-state index is 12.6. The van der Waals surface area contributed by atoms with E-state index < -0.39 is 23.8 Å². The van der Waals surface area contributed by atoms with Gasteiger partial charge in [-0.2, -0.15) is 0 Å². The predicted molar refractivity (Wildman–Crippen MR) is 134 cm³/mol. The number of carbonyl (C=O) groups excluding carboxylic acids is 3. The monoisotopic (exact) mass is 495 g/mol. The number of fused-ring (bicyclic) bond motifs is 1. The van der Waals surface area contributed by atoms with Crippen molar-refractivity contribution < 1.29 is 28.6 Å². The van der Waals surface area contributed by atoms with Crippen LogP contribution in [0.1, 0.15) is 37.5 Å². The fraction of sp³-hybridized carbons (Fsp3) is 0.444. The van der Waals surface area contributed by atoms with E-state index in [2.05, 4.69) is 5.32 Å². The van der Waals surface area contributed by atoms with Crippen molar-refractivity contribution in [3.8, 4) is 0 Å². The second kappa shape index (κ2) is 11.0. The summed E-state index contributed by atoms with van der Waals surface area (Å²) in [6.07, 6.45) is -0.864. The molecule has 0 aliphatic carbocycles. The lowest BCUT2D eigenvalue weighted by Gasteiger charge is -2.29. The van der Waals surface area contributed by atoms with Gasteiger partial charge in [0.15, 0.2) is 6.10 Å². The van der Waals surface area contributed by atoms with E-state index in [1.807, 2.05) is 69.3 Å². The Labute approximate surface area is 211 Å². The first kappa shape index (κ1) is 25.5. The lowest BCUT2D eigenvalue weighted by Crippen LogP contribution is -2.42. The van der Waals surface area contributed by atoms with E-state index >= 15 is 0 Å². The van der Waals surface area contributed by atoms with Gasteiger partial charge in [-0.3, -0.25) is 9.69 Å². The molecule has 0 radical (unpaired) electrons. The van der Waals surface area contributed by atoms with Crippen molar-refractivity contribution in [1.29, 1.82) is 0 Å². The average Bonchev–Trinajstić information content (AvgIpc) is 3.22. The maximum Gasteiger partial charge on any atom is 0.414 e. The lowest BCUT2D eigenvalue weighted by atomic mass is 9.98. The number of amides is 3. The summed E-state index contributed by atoms with van der Waals surface area (Å²) >= 11 is 0. The van der Waals surface area contributed by atoms with Crippen LogP contribution in [-0.4, -0.2) is 60.9 Å². The number of rotatable bonds is 7. The van der Waals surface area contributed by atoms with Gasteiger partial charge in [0.05, 0.1) is 13.2 Å². The van der Waals surface area contributed by atoms with Gasteiger partial charge in [-0.25, -0.2) is 9.59 Å². The Hall–Kier alpha value is -3.59. The molecule has 0 aromatic heterocycles. The molecule has 9 heteroatoms. The van der Waals surface area contributed by atoms with E-state index in [0.717, 1.165) is 22.4 Å². The van der Waals surface area contributed by atoms with Crippen molar-refractivity contribution in [1.82, 2.24) is 10.2 Å². The van der Waals surface area contributed by atoms with Gasteiger partial charge in [0.1, 0.15) is 13.2 Å². The van der Waals surface area contributed by atoms with Crippen molar-refractivity contribution in [2.45, 2.75) is 52.0 Å². The minimum Gasteiger partial charge on any atom is -0.446 e. The number of hydrogen-bond acceptors (Lipinski definition) is 6. The second-order valence-electron chi connectivity index (χ2n) is 10.1. The van der Waals surface area contributed by atoms with Crippen LogP contribution < -0.4 is 10.2 Å². The molecule has 2 aromatic carbocycles. The number of nitrogens with one attached hydrogen (secondary N) is 1. The largest absolute Gasteiger partial charge is 0.446 e. The highest BCUT2D eigenvalue weighted by atomic mass is 16.6.